The van der Waals surface area contributed by atoms with Crippen molar-refractivity contribution in [2.45, 2.75) is 19.5 Å². The van der Waals surface area contributed by atoms with Gasteiger partial charge in [-0.05, 0) is 18.1 Å². The number of hydrogen-bond donors (Lipinski definition) is 0. The molecule has 0 unspecified atom stereocenters. The Morgan fingerprint density at radius 3 is 2.16 bits per heavy atom. The van der Waals surface area contributed by atoms with E-state index in [1.165, 1.54) is 11.1 Å². The first-order valence-corrected chi connectivity index (χ1v) is 6.75. The monoisotopic (exact) mass is 251 g/mol. The Kier molecular flexibility index (Phi) is 4.93. The van der Waals surface area contributed by atoms with Crippen LogP contribution in [0.15, 0.2) is 73.3 Å². The number of rotatable bonds is 6. The maximum Gasteiger partial charge on any atom is 0.0326 e. The van der Waals surface area contributed by atoms with Gasteiger partial charge in [-0.1, -0.05) is 66.7 Å². The normalized spacial score (nSPS) is 12.3. The summed E-state index contributed by atoms with van der Waals surface area (Å²) in [7, 11) is 0. The summed E-state index contributed by atoms with van der Waals surface area (Å²) < 4.78 is 0. The maximum absolute atomic E-state index is 3.88. The Bertz CT molecular complexity index is 490. The van der Waals surface area contributed by atoms with Gasteiger partial charge in [0.15, 0.2) is 0 Å². The van der Waals surface area contributed by atoms with Gasteiger partial charge >= 0.3 is 0 Å². The van der Waals surface area contributed by atoms with Gasteiger partial charge in [-0.15, -0.1) is 6.58 Å². The highest BCUT2D eigenvalue weighted by atomic mass is 15.1. The first kappa shape index (κ1) is 13.6. The van der Waals surface area contributed by atoms with E-state index in [1.807, 2.05) is 6.08 Å². The van der Waals surface area contributed by atoms with Crippen molar-refractivity contribution in [2.24, 2.45) is 0 Å². The summed E-state index contributed by atoms with van der Waals surface area (Å²) in [6.07, 6.45) is 1.97. The van der Waals surface area contributed by atoms with Gasteiger partial charge in [0.2, 0.25) is 0 Å². The van der Waals surface area contributed by atoms with E-state index in [9.17, 15) is 0 Å². The van der Waals surface area contributed by atoms with Crippen molar-refractivity contribution in [2.75, 3.05) is 6.54 Å². The van der Waals surface area contributed by atoms with Gasteiger partial charge in [0, 0.05) is 19.1 Å². The Morgan fingerprint density at radius 1 is 1.00 bits per heavy atom. The summed E-state index contributed by atoms with van der Waals surface area (Å²) in [5.41, 5.74) is 2.69. The first-order chi connectivity index (χ1) is 9.31. The lowest BCUT2D eigenvalue weighted by atomic mass is 10.1. The van der Waals surface area contributed by atoms with Gasteiger partial charge < -0.3 is 0 Å². The van der Waals surface area contributed by atoms with Gasteiger partial charge in [0.25, 0.3) is 0 Å². The average molecular weight is 251 g/mol. The molecule has 0 amide bonds. The van der Waals surface area contributed by atoms with Gasteiger partial charge in [0.05, 0.1) is 0 Å². The first-order valence-electron chi connectivity index (χ1n) is 6.75. The summed E-state index contributed by atoms with van der Waals surface area (Å²) in [6, 6.07) is 21.6. The van der Waals surface area contributed by atoms with Crippen LogP contribution in [0.1, 0.15) is 24.1 Å². The molecule has 1 atom stereocenters. The van der Waals surface area contributed by atoms with Crippen molar-refractivity contribution in [1.29, 1.82) is 0 Å². The van der Waals surface area contributed by atoms with Crippen LogP contribution in [0.4, 0.5) is 0 Å². The molecule has 0 fully saturated rings. The Labute approximate surface area is 116 Å². The second-order valence-corrected chi connectivity index (χ2v) is 4.79. The van der Waals surface area contributed by atoms with Crippen molar-refractivity contribution in [1.82, 2.24) is 4.90 Å². The van der Waals surface area contributed by atoms with E-state index in [4.69, 9.17) is 0 Å². The Balaban J connectivity index is 2.13. The third-order valence-corrected chi connectivity index (χ3v) is 3.42. The van der Waals surface area contributed by atoms with Crippen molar-refractivity contribution >= 4 is 0 Å². The fourth-order valence-corrected chi connectivity index (χ4v) is 2.29. The number of benzene rings is 2. The van der Waals surface area contributed by atoms with Crippen LogP contribution in [0.25, 0.3) is 0 Å². The van der Waals surface area contributed by atoms with Crippen LogP contribution in [0.5, 0.6) is 0 Å². The van der Waals surface area contributed by atoms with E-state index in [0.29, 0.717) is 6.04 Å². The molecule has 98 valence electrons. The zero-order chi connectivity index (χ0) is 13.5. The highest BCUT2D eigenvalue weighted by Gasteiger charge is 2.14. The minimum Gasteiger partial charge on any atom is -0.289 e. The molecule has 0 bridgehead atoms. The van der Waals surface area contributed by atoms with Crippen molar-refractivity contribution in [3.8, 4) is 0 Å². The van der Waals surface area contributed by atoms with Gasteiger partial charge in [-0.25, -0.2) is 0 Å². The summed E-state index contributed by atoms with van der Waals surface area (Å²) in [4.78, 5) is 2.43. The lowest BCUT2D eigenvalue weighted by Crippen LogP contribution is -2.26. The minimum absolute atomic E-state index is 0.388. The number of hydrogen-bond acceptors (Lipinski definition) is 1. The third kappa shape index (κ3) is 3.80. The van der Waals surface area contributed by atoms with E-state index >= 15 is 0 Å². The molecule has 1 heteroatoms. The molecule has 0 saturated carbocycles. The van der Waals surface area contributed by atoms with E-state index in [1.54, 1.807) is 0 Å². The molecular weight excluding hydrogens is 230 g/mol. The standard InChI is InChI=1S/C18H21N/c1-3-14-19(15-17-10-6-4-7-11-17)16(2)18-12-8-5-9-13-18/h3-13,16H,1,14-15H2,2H3/t16-/m1/s1. The molecule has 0 aliphatic heterocycles. The third-order valence-electron chi connectivity index (χ3n) is 3.42. The molecule has 0 aliphatic rings. The second kappa shape index (κ2) is 6.91. The van der Waals surface area contributed by atoms with Crippen molar-refractivity contribution in [3.63, 3.8) is 0 Å². The van der Waals surface area contributed by atoms with Crippen LogP contribution in [-0.2, 0) is 6.54 Å². The molecule has 0 saturated heterocycles. The maximum atomic E-state index is 3.88. The zero-order valence-electron chi connectivity index (χ0n) is 11.5. The molecule has 0 aromatic heterocycles. The van der Waals surface area contributed by atoms with Crippen molar-refractivity contribution in [3.05, 3.63) is 84.4 Å². The highest BCUT2D eigenvalue weighted by molar-refractivity contribution is 5.20. The van der Waals surface area contributed by atoms with E-state index in [0.717, 1.165) is 13.1 Å². The smallest absolute Gasteiger partial charge is 0.0326 e. The predicted octanol–water partition coefficient (Wildman–Crippen LogP) is 4.44. The van der Waals surface area contributed by atoms with Crippen LogP contribution in [0.2, 0.25) is 0 Å². The summed E-state index contributed by atoms with van der Waals surface area (Å²) >= 11 is 0. The second-order valence-electron chi connectivity index (χ2n) is 4.79. The molecule has 19 heavy (non-hydrogen) atoms. The van der Waals surface area contributed by atoms with Crippen LogP contribution >= 0.6 is 0 Å². The fraction of sp³-hybridized carbons (Fsp3) is 0.222. The molecule has 0 radical (unpaired) electrons. The van der Waals surface area contributed by atoms with Crippen LogP contribution < -0.4 is 0 Å². The van der Waals surface area contributed by atoms with Crippen LogP contribution in [0, 0.1) is 0 Å². The predicted molar refractivity (Wildman–Crippen MR) is 81.9 cm³/mol. The molecule has 0 heterocycles. The summed E-state index contributed by atoms with van der Waals surface area (Å²) in [5, 5.41) is 0. The van der Waals surface area contributed by atoms with Crippen molar-refractivity contribution < 1.29 is 0 Å². The highest BCUT2D eigenvalue weighted by Crippen LogP contribution is 2.21. The lowest BCUT2D eigenvalue weighted by Gasteiger charge is -2.28. The van der Waals surface area contributed by atoms with Crippen LogP contribution in [-0.4, -0.2) is 11.4 Å². The molecule has 2 aromatic rings. The molecule has 0 spiro atoms. The molecule has 0 aliphatic carbocycles. The van der Waals surface area contributed by atoms with Gasteiger partial charge in [-0.3, -0.25) is 4.90 Å². The van der Waals surface area contributed by atoms with E-state index in [-0.39, 0.29) is 0 Å². The Hall–Kier alpha value is -1.86. The van der Waals surface area contributed by atoms with E-state index in [2.05, 4.69) is 79.1 Å². The van der Waals surface area contributed by atoms with Crippen LogP contribution in [0.3, 0.4) is 0 Å². The largest absolute Gasteiger partial charge is 0.289 e. The minimum atomic E-state index is 0.388. The summed E-state index contributed by atoms with van der Waals surface area (Å²) in [6.45, 7) is 7.97. The molecule has 1 nitrogen and oxygen atoms in total. The molecule has 2 rings (SSSR count). The molecule has 0 N–H and O–H groups in total. The van der Waals surface area contributed by atoms with E-state index < -0.39 is 0 Å². The quantitative estimate of drug-likeness (QED) is 0.686. The van der Waals surface area contributed by atoms with Gasteiger partial charge in [0.1, 0.15) is 0 Å². The zero-order valence-corrected chi connectivity index (χ0v) is 11.5. The average Bonchev–Trinajstić information content (AvgIpc) is 2.48. The lowest BCUT2D eigenvalue weighted by molar-refractivity contribution is 0.225. The summed E-state index contributed by atoms with van der Waals surface area (Å²) in [5.74, 6) is 0. The SMILES string of the molecule is C=CCN(Cc1ccccc1)[C@H](C)c1ccccc1. The topological polar surface area (TPSA) is 3.24 Å². The molecule has 2 aromatic carbocycles. The molecular formula is C18H21N. The number of nitrogens with zero attached hydrogens (tertiary/aromatic N) is 1. The Morgan fingerprint density at radius 2 is 1.58 bits per heavy atom. The fourth-order valence-electron chi connectivity index (χ4n) is 2.29. The van der Waals surface area contributed by atoms with Gasteiger partial charge in [-0.2, -0.15) is 0 Å².